The molecule has 0 saturated carbocycles. The van der Waals surface area contributed by atoms with Crippen molar-refractivity contribution in [2.75, 3.05) is 31.6 Å². The Labute approximate surface area is 129 Å². The highest BCUT2D eigenvalue weighted by Crippen LogP contribution is 2.10. The number of amides is 1. The summed E-state index contributed by atoms with van der Waals surface area (Å²) < 4.78 is 7.22. The van der Waals surface area contributed by atoms with E-state index in [-0.39, 0.29) is 18.6 Å². The van der Waals surface area contributed by atoms with Crippen LogP contribution in [0.5, 0.6) is 0 Å². The number of carbonyl (C=O) groups is 1. The molecule has 2 heterocycles. The highest BCUT2D eigenvalue weighted by Gasteiger charge is 2.21. The molecule has 1 aromatic carbocycles. The zero-order chi connectivity index (χ0) is 15.4. The van der Waals surface area contributed by atoms with Crippen molar-refractivity contribution in [3.8, 4) is 5.69 Å². The van der Waals surface area contributed by atoms with Gasteiger partial charge in [0.05, 0.1) is 24.9 Å². The maximum absolute atomic E-state index is 12.2. The minimum atomic E-state index is 0.0735. The number of hydrogen-bond acceptors (Lipinski definition) is 4. The monoisotopic (exact) mass is 300 g/mol. The molecule has 1 aliphatic heterocycles. The van der Waals surface area contributed by atoms with E-state index >= 15 is 0 Å². The van der Waals surface area contributed by atoms with Crippen molar-refractivity contribution in [1.82, 2.24) is 14.7 Å². The summed E-state index contributed by atoms with van der Waals surface area (Å²) in [5, 5.41) is 7.51. The Morgan fingerprint density at radius 1 is 1.36 bits per heavy atom. The summed E-state index contributed by atoms with van der Waals surface area (Å²) in [6.07, 6.45) is 1.98. The maximum atomic E-state index is 12.2. The van der Waals surface area contributed by atoms with Gasteiger partial charge in [0, 0.05) is 25.4 Å². The molecule has 0 spiro atoms. The minimum Gasteiger partial charge on any atom is -0.375 e. The fourth-order valence-corrected chi connectivity index (χ4v) is 2.47. The lowest BCUT2D eigenvalue weighted by Crippen LogP contribution is -2.46. The number of carbonyl (C=O) groups excluding carboxylic acids is 1. The van der Waals surface area contributed by atoms with Gasteiger partial charge in [-0.25, -0.2) is 4.68 Å². The summed E-state index contributed by atoms with van der Waals surface area (Å²) in [5.41, 5.74) is 0.990. The number of anilines is 1. The molecular weight excluding hydrogens is 280 g/mol. The molecule has 1 aliphatic rings. The van der Waals surface area contributed by atoms with Crippen LogP contribution in [0.25, 0.3) is 5.69 Å². The molecule has 1 saturated heterocycles. The Kier molecular flexibility index (Phi) is 4.39. The van der Waals surface area contributed by atoms with E-state index in [1.54, 1.807) is 4.68 Å². The Morgan fingerprint density at radius 2 is 2.18 bits per heavy atom. The first-order valence-electron chi connectivity index (χ1n) is 7.47. The molecular formula is C16H20N4O2. The zero-order valence-corrected chi connectivity index (χ0v) is 12.6. The molecule has 22 heavy (non-hydrogen) atoms. The number of hydrogen-bond donors (Lipinski definition) is 1. The van der Waals surface area contributed by atoms with Crippen LogP contribution in [-0.4, -0.2) is 52.9 Å². The third kappa shape index (κ3) is 3.46. The van der Waals surface area contributed by atoms with Crippen LogP contribution < -0.4 is 5.32 Å². The Balaban J connectivity index is 1.56. The second kappa shape index (κ2) is 6.62. The first-order chi connectivity index (χ1) is 10.7. The topological polar surface area (TPSA) is 59.4 Å². The van der Waals surface area contributed by atoms with Gasteiger partial charge in [-0.15, -0.1) is 0 Å². The summed E-state index contributed by atoms with van der Waals surface area (Å²) in [6, 6.07) is 11.7. The van der Waals surface area contributed by atoms with Gasteiger partial charge in [-0.2, -0.15) is 5.10 Å². The van der Waals surface area contributed by atoms with Gasteiger partial charge in [0.25, 0.3) is 0 Å². The van der Waals surface area contributed by atoms with Gasteiger partial charge in [0.1, 0.15) is 5.82 Å². The molecule has 1 fully saturated rings. The molecule has 2 aromatic rings. The highest BCUT2D eigenvalue weighted by molar-refractivity contribution is 5.80. The van der Waals surface area contributed by atoms with Crippen molar-refractivity contribution in [3.63, 3.8) is 0 Å². The van der Waals surface area contributed by atoms with Crippen molar-refractivity contribution < 1.29 is 9.53 Å². The van der Waals surface area contributed by atoms with Crippen LogP contribution in [0.4, 0.5) is 5.82 Å². The Bertz CT molecular complexity index is 626. The zero-order valence-electron chi connectivity index (χ0n) is 12.6. The van der Waals surface area contributed by atoms with Crippen LogP contribution >= 0.6 is 0 Å². The number of ether oxygens (including phenoxy) is 1. The summed E-state index contributed by atoms with van der Waals surface area (Å²) in [4.78, 5) is 14.0. The maximum Gasteiger partial charge on any atom is 0.242 e. The van der Waals surface area contributed by atoms with Crippen molar-refractivity contribution in [2.24, 2.45) is 0 Å². The lowest BCUT2D eigenvalue weighted by molar-refractivity contribution is -0.136. The third-order valence-corrected chi connectivity index (χ3v) is 3.62. The van der Waals surface area contributed by atoms with Gasteiger partial charge >= 0.3 is 0 Å². The molecule has 0 bridgehead atoms. The van der Waals surface area contributed by atoms with Crippen LogP contribution in [0.2, 0.25) is 0 Å². The van der Waals surface area contributed by atoms with Crippen LogP contribution in [0, 0.1) is 0 Å². The van der Waals surface area contributed by atoms with Gasteiger partial charge in [-0.05, 0) is 19.1 Å². The second-order valence-corrected chi connectivity index (χ2v) is 5.36. The Morgan fingerprint density at radius 3 is 2.95 bits per heavy atom. The normalized spacial score (nSPS) is 18.2. The number of morpholine rings is 1. The molecule has 1 atom stereocenters. The summed E-state index contributed by atoms with van der Waals surface area (Å²) in [7, 11) is 0. The molecule has 3 rings (SSSR count). The fourth-order valence-electron chi connectivity index (χ4n) is 2.47. The van der Waals surface area contributed by atoms with E-state index in [1.165, 1.54) is 0 Å². The molecule has 0 aliphatic carbocycles. The van der Waals surface area contributed by atoms with Gasteiger partial charge in [0.15, 0.2) is 0 Å². The van der Waals surface area contributed by atoms with Crippen molar-refractivity contribution >= 4 is 11.7 Å². The van der Waals surface area contributed by atoms with E-state index in [4.69, 9.17) is 4.74 Å². The van der Waals surface area contributed by atoms with Gasteiger partial charge < -0.3 is 15.0 Å². The number of aromatic nitrogens is 2. The SMILES string of the molecule is C[C@H]1CN(C(=O)CNc2ccn(-c3ccccc3)n2)CCO1. The molecule has 6 heteroatoms. The van der Waals surface area contributed by atoms with Gasteiger partial charge in [0.2, 0.25) is 5.91 Å². The second-order valence-electron chi connectivity index (χ2n) is 5.36. The van der Waals surface area contributed by atoms with Crippen molar-refractivity contribution in [2.45, 2.75) is 13.0 Å². The minimum absolute atomic E-state index is 0.0735. The largest absolute Gasteiger partial charge is 0.375 e. The van der Waals surface area contributed by atoms with Crippen molar-refractivity contribution in [1.29, 1.82) is 0 Å². The molecule has 6 nitrogen and oxygen atoms in total. The molecule has 1 N–H and O–H groups in total. The third-order valence-electron chi connectivity index (χ3n) is 3.62. The number of nitrogens with zero attached hydrogens (tertiary/aromatic N) is 3. The Hall–Kier alpha value is -2.34. The predicted octanol–water partition coefficient (Wildman–Crippen LogP) is 1.53. The number of para-hydroxylation sites is 1. The number of benzene rings is 1. The molecule has 0 unspecified atom stereocenters. The van der Waals surface area contributed by atoms with Gasteiger partial charge in [-0.1, -0.05) is 18.2 Å². The van der Waals surface area contributed by atoms with E-state index in [0.29, 0.717) is 25.5 Å². The standard InChI is InChI=1S/C16H20N4O2/c1-13-12-19(9-10-22-13)16(21)11-17-15-7-8-20(18-15)14-5-3-2-4-6-14/h2-8,13H,9-12H2,1H3,(H,17,18)/t13-/m0/s1. The average molecular weight is 300 g/mol. The molecule has 1 amide bonds. The molecule has 116 valence electrons. The first kappa shape index (κ1) is 14.6. The molecule has 0 radical (unpaired) electrons. The van der Waals surface area contributed by atoms with E-state index < -0.39 is 0 Å². The summed E-state index contributed by atoms with van der Waals surface area (Å²) in [6.45, 7) is 4.14. The van der Waals surface area contributed by atoms with Crippen LogP contribution in [-0.2, 0) is 9.53 Å². The highest BCUT2D eigenvalue weighted by atomic mass is 16.5. The van der Waals surface area contributed by atoms with E-state index in [2.05, 4.69) is 10.4 Å². The quantitative estimate of drug-likeness (QED) is 0.930. The smallest absolute Gasteiger partial charge is 0.242 e. The number of rotatable bonds is 4. The lowest BCUT2D eigenvalue weighted by Gasteiger charge is -2.31. The molecule has 1 aromatic heterocycles. The van der Waals surface area contributed by atoms with Crippen LogP contribution in [0.3, 0.4) is 0 Å². The van der Waals surface area contributed by atoms with E-state index in [1.807, 2.05) is 54.4 Å². The van der Waals surface area contributed by atoms with E-state index in [9.17, 15) is 4.79 Å². The van der Waals surface area contributed by atoms with Crippen molar-refractivity contribution in [3.05, 3.63) is 42.6 Å². The summed E-state index contributed by atoms with van der Waals surface area (Å²) >= 11 is 0. The average Bonchev–Trinajstić information content (AvgIpc) is 3.02. The van der Waals surface area contributed by atoms with E-state index in [0.717, 1.165) is 5.69 Å². The summed E-state index contributed by atoms with van der Waals surface area (Å²) in [5.74, 6) is 0.767. The predicted molar refractivity (Wildman–Crippen MR) is 84.0 cm³/mol. The number of nitrogens with one attached hydrogen (secondary N) is 1. The lowest BCUT2D eigenvalue weighted by atomic mass is 10.3. The van der Waals surface area contributed by atoms with Crippen LogP contribution in [0.15, 0.2) is 42.6 Å². The first-order valence-corrected chi connectivity index (χ1v) is 7.47. The van der Waals surface area contributed by atoms with Crippen LogP contribution in [0.1, 0.15) is 6.92 Å². The van der Waals surface area contributed by atoms with Gasteiger partial charge in [-0.3, -0.25) is 4.79 Å². The fraction of sp³-hybridized carbons (Fsp3) is 0.375.